The number of hydrogen-bond donors (Lipinski definition) is 0. The monoisotopic (exact) mass is 1000 g/mol. The SMILES string of the molecule is CC/C=C\C/C=C\C/C=C\C/C=C\C/C=C\C/C=C\C/C=C\CCCCCCCC(=O)OCC(COC(=O)CCCCCCCCCCC)OC(=O)CCCCCCCCC/C=C\CCCCCCCCC. The summed E-state index contributed by atoms with van der Waals surface area (Å²) in [4.78, 5) is 38.1. The molecule has 1 unspecified atom stereocenters. The Balaban J connectivity index is 4.30. The van der Waals surface area contributed by atoms with Crippen molar-refractivity contribution in [3.8, 4) is 0 Å². The Kier molecular flexibility index (Phi) is 56.8. The Bertz CT molecular complexity index is 1430. The molecule has 0 N–H and O–H groups in total. The average molecular weight is 1000 g/mol. The van der Waals surface area contributed by atoms with Crippen LogP contribution in [0.15, 0.2) is 97.2 Å². The van der Waals surface area contributed by atoms with Crippen LogP contribution in [0.2, 0.25) is 0 Å². The molecule has 0 saturated carbocycles. The molecule has 72 heavy (non-hydrogen) atoms. The van der Waals surface area contributed by atoms with E-state index in [4.69, 9.17) is 14.2 Å². The largest absolute Gasteiger partial charge is 0.462 e. The van der Waals surface area contributed by atoms with Crippen molar-refractivity contribution < 1.29 is 28.6 Å². The standard InChI is InChI=1S/C66H112O6/c1-4-7-10-13-16-19-21-23-25-27-29-30-31-32-33-34-35-36-37-39-40-42-44-47-50-53-56-59-65(68)71-62-63(61-70-64(67)58-55-52-49-46-18-15-12-9-6-3)72-66(69)60-57-54-51-48-45-43-41-38-28-26-24-22-20-17-14-11-8-5-2/h7,10,16,19,23,25-26,28-30,32-33,35-36,39-40,63H,4-6,8-9,11-15,17-18,20-22,24,27,31,34,37-38,41-62H2,1-3H3/b10-7-,19-16-,25-23-,28-26-,30-29-,33-32-,36-35-,40-39-. The van der Waals surface area contributed by atoms with Gasteiger partial charge < -0.3 is 14.2 Å². The van der Waals surface area contributed by atoms with Gasteiger partial charge in [-0.3, -0.25) is 14.4 Å². The van der Waals surface area contributed by atoms with Gasteiger partial charge in [-0.1, -0.05) is 259 Å². The van der Waals surface area contributed by atoms with E-state index in [2.05, 4.69) is 118 Å². The fourth-order valence-corrected chi connectivity index (χ4v) is 8.30. The third-order valence-electron chi connectivity index (χ3n) is 12.8. The average Bonchev–Trinajstić information content (AvgIpc) is 3.38. The highest BCUT2D eigenvalue weighted by atomic mass is 16.6. The summed E-state index contributed by atoms with van der Waals surface area (Å²) in [7, 11) is 0. The number of ether oxygens (including phenoxy) is 3. The molecule has 6 nitrogen and oxygen atoms in total. The molecule has 412 valence electrons. The number of allylic oxidation sites excluding steroid dienone is 16. The van der Waals surface area contributed by atoms with Crippen molar-refractivity contribution in [2.45, 2.75) is 290 Å². The van der Waals surface area contributed by atoms with E-state index in [1.165, 1.54) is 122 Å². The van der Waals surface area contributed by atoms with Crippen LogP contribution in [0.4, 0.5) is 0 Å². The van der Waals surface area contributed by atoms with Gasteiger partial charge in [0.2, 0.25) is 0 Å². The smallest absolute Gasteiger partial charge is 0.306 e. The fourth-order valence-electron chi connectivity index (χ4n) is 8.30. The second-order valence-electron chi connectivity index (χ2n) is 19.9. The molecule has 0 aliphatic rings. The van der Waals surface area contributed by atoms with Gasteiger partial charge in [0.25, 0.3) is 0 Å². The molecule has 0 spiro atoms. The molecule has 0 aromatic heterocycles. The molecule has 0 aliphatic heterocycles. The summed E-state index contributed by atoms with van der Waals surface area (Å²) in [5, 5.41) is 0. The van der Waals surface area contributed by atoms with E-state index in [1.54, 1.807) is 0 Å². The van der Waals surface area contributed by atoms with E-state index in [0.717, 1.165) is 122 Å². The van der Waals surface area contributed by atoms with Gasteiger partial charge in [0.15, 0.2) is 6.10 Å². The van der Waals surface area contributed by atoms with E-state index < -0.39 is 6.10 Å². The van der Waals surface area contributed by atoms with E-state index in [9.17, 15) is 14.4 Å². The van der Waals surface area contributed by atoms with Crippen molar-refractivity contribution in [1.82, 2.24) is 0 Å². The minimum absolute atomic E-state index is 0.0839. The van der Waals surface area contributed by atoms with Crippen LogP contribution in [-0.4, -0.2) is 37.2 Å². The lowest BCUT2D eigenvalue weighted by molar-refractivity contribution is -0.167. The zero-order chi connectivity index (χ0) is 52.2. The normalized spacial score (nSPS) is 12.8. The summed E-state index contributed by atoms with van der Waals surface area (Å²) in [6.45, 7) is 6.50. The molecular weight excluding hydrogens is 889 g/mol. The van der Waals surface area contributed by atoms with Gasteiger partial charge >= 0.3 is 17.9 Å². The van der Waals surface area contributed by atoms with Crippen LogP contribution >= 0.6 is 0 Å². The van der Waals surface area contributed by atoms with Crippen LogP contribution in [0.25, 0.3) is 0 Å². The Hall–Kier alpha value is -3.67. The third kappa shape index (κ3) is 57.2. The maximum Gasteiger partial charge on any atom is 0.306 e. The quantitative estimate of drug-likeness (QED) is 0.0261. The summed E-state index contributed by atoms with van der Waals surface area (Å²) in [5.74, 6) is -0.906. The lowest BCUT2D eigenvalue weighted by atomic mass is 10.1. The summed E-state index contributed by atoms with van der Waals surface area (Å²) >= 11 is 0. The molecule has 0 radical (unpaired) electrons. The molecule has 0 aromatic carbocycles. The molecule has 0 fully saturated rings. The van der Waals surface area contributed by atoms with E-state index in [0.29, 0.717) is 19.3 Å². The van der Waals surface area contributed by atoms with Crippen molar-refractivity contribution >= 4 is 17.9 Å². The first kappa shape index (κ1) is 68.3. The Morgan fingerprint density at radius 2 is 0.542 bits per heavy atom. The number of esters is 3. The Labute approximate surface area is 445 Å². The van der Waals surface area contributed by atoms with Crippen LogP contribution in [0.5, 0.6) is 0 Å². The van der Waals surface area contributed by atoms with E-state index >= 15 is 0 Å². The van der Waals surface area contributed by atoms with Crippen molar-refractivity contribution in [2.75, 3.05) is 13.2 Å². The first-order chi connectivity index (χ1) is 35.5. The molecule has 0 amide bonds. The van der Waals surface area contributed by atoms with Crippen LogP contribution in [0.3, 0.4) is 0 Å². The number of carbonyl (C=O) groups excluding carboxylic acids is 3. The molecular formula is C66H112O6. The second-order valence-corrected chi connectivity index (χ2v) is 19.9. The van der Waals surface area contributed by atoms with Crippen LogP contribution < -0.4 is 0 Å². The second kappa shape index (κ2) is 59.9. The summed E-state index contributed by atoms with van der Waals surface area (Å²) < 4.78 is 16.8. The van der Waals surface area contributed by atoms with Gasteiger partial charge in [0.1, 0.15) is 13.2 Å². The van der Waals surface area contributed by atoms with E-state index in [1.807, 2.05) is 0 Å². The maximum atomic E-state index is 12.8. The number of rotatable bonds is 54. The summed E-state index contributed by atoms with van der Waals surface area (Å²) in [6.07, 6.45) is 79.8. The Morgan fingerprint density at radius 1 is 0.292 bits per heavy atom. The third-order valence-corrected chi connectivity index (χ3v) is 12.8. The minimum atomic E-state index is -0.787. The van der Waals surface area contributed by atoms with Gasteiger partial charge in [-0.15, -0.1) is 0 Å². The van der Waals surface area contributed by atoms with Gasteiger partial charge in [0.05, 0.1) is 0 Å². The number of carbonyl (C=O) groups is 3. The highest BCUT2D eigenvalue weighted by Gasteiger charge is 2.19. The molecule has 0 rings (SSSR count). The topological polar surface area (TPSA) is 78.9 Å². The van der Waals surface area contributed by atoms with Gasteiger partial charge in [-0.25, -0.2) is 0 Å². The maximum absolute atomic E-state index is 12.8. The van der Waals surface area contributed by atoms with Crippen LogP contribution in [0, 0.1) is 0 Å². The predicted octanol–water partition coefficient (Wildman–Crippen LogP) is 20.5. The first-order valence-corrected chi connectivity index (χ1v) is 30.2. The lowest BCUT2D eigenvalue weighted by Gasteiger charge is -2.18. The van der Waals surface area contributed by atoms with Crippen molar-refractivity contribution in [2.24, 2.45) is 0 Å². The highest BCUT2D eigenvalue weighted by molar-refractivity contribution is 5.71. The predicted molar refractivity (Wildman–Crippen MR) is 311 cm³/mol. The van der Waals surface area contributed by atoms with Crippen LogP contribution in [0.1, 0.15) is 284 Å². The Morgan fingerprint density at radius 3 is 0.861 bits per heavy atom. The highest BCUT2D eigenvalue weighted by Crippen LogP contribution is 2.15. The summed E-state index contributed by atoms with van der Waals surface area (Å²) in [5.41, 5.74) is 0. The molecule has 0 heterocycles. The zero-order valence-corrected chi connectivity index (χ0v) is 47.2. The minimum Gasteiger partial charge on any atom is -0.462 e. The first-order valence-electron chi connectivity index (χ1n) is 30.2. The van der Waals surface area contributed by atoms with Crippen molar-refractivity contribution in [3.05, 3.63) is 97.2 Å². The van der Waals surface area contributed by atoms with Crippen molar-refractivity contribution in [3.63, 3.8) is 0 Å². The molecule has 0 aromatic rings. The van der Waals surface area contributed by atoms with E-state index in [-0.39, 0.29) is 31.1 Å². The van der Waals surface area contributed by atoms with Gasteiger partial charge in [-0.2, -0.15) is 0 Å². The number of unbranched alkanes of at least 4 members (excludes halogenated alkanes) is 27. The van der Waals surface area contributed by atoms with Crippen LogP contribution in [-0.2, 0) is 28.6 Å². The lowest BCUT2D eigenvalue weighted by Crippen LogP contribution is -2.30. The molecule has 0 saturated heterocycles. The molecule has 6 heteroatoms. The zero-order valence-electron chi connectivity index (χ0n) is 47.2. The molecule has 1 atom stereocenters. The number of hydrogen-bond acceptors (Lipinski definition) is 6. The van der Waals surface area contributed by atoms with Gasteiger partial charge in [0, 0.05) is 19.3 Å². The van der Waals surface area contributed by atoms with Gasteiger partial charge in [-0.05, 0) is 103 Å². The molecule has 0 bridgehead atoms. The molecule has 0 aliphatic carbocycles. The van der Waals surface area contributed by atoms with Crippen molar-refractivity contribution in [1.29, 1.82) is 0 Å². The summed E-state index contributed by atoms with van der Waals surface area (Å²) in [6, 6.07) is 0. The fraction of sp³-hybridized carbons (Fsp3) is 0.712.